The summed E-state index contributed by atoms with van der Waals surface area (Å²) in [5.41, 5.74) is 6.94. The number of hydrogen-bond acceptors (Lipinski definition) is 3. The molecule has 1 atom stereocenters. The zero-order valence-electron chi connectivity index (χ0n) is 15.6. The first-order valence-electron chi connectivity index (χ1n) is 8.45. The Bertz CT molecular complexity index is 472. The van der Waals surface area contributed by atoms with E-state index in [4.69, 9.17) is 10.5 Å². The molecule has 0 aromatic heterocycles. The first-order chi connectivity index (χ1) is 11.0. The summed E-state index contributed by atoms with van der Waals surface area (Å²) < 4.78 is 5.15. The third-order valence-electron chi connectivity index (χ3n) is 3.91. The van der Waals surface area contributed by atoms with Gasteiger partial charge in [0, 0.05) is 11.7 Å². The summed E-state index contributed by atoms with van der Waals surface area (Å²) in [7, 11) is 1.65. The average molecular weight is 448 g/mol. The molecule has 3 N–H and O–H groups in total. The summed E-state index contributed by atoms with van der Waals surface area (Å²) in [6, 6.07) is 8.08. The lowest BCUT2D eigenvalue weighted by molar-refractivity contribution is 0.196. The van der Waals surface area contributed by atoms with E-state index >= 15 is 0 Å². The number of ether oxygens (including phenoxy) is 1. The van der Waals surface area contributed by atoms with Crippen LogP contribution in [0.5, 0.6) is 5.75 Å². The van der Waals surface area contributed by atoms with Crippen molar-refractivity contribution in [3.05, 3.63) is 24.3 Å². The highest BCUT2D eigenvalue weighted by atomic mass is 127. The van der Waals surface area contributed by atoms with Crippen LogP contribution in [0.3, 0.4) is 0 Å². The monoisotopic (exact) mass is 448 g/mol. The molecular weight excluding hydrogens is 415 g/mol. The number of nitrogens with two attached hydrogens (primary N) is 1. The van der Waals surface area contributed by atoms with Crippen molar-refractivity contribution in [2.24, 2.45) is 16.6 Å². The average Bonchev–Trinajstić information content (AvgIpc) is 2.53. The molecule has 0 amide bonds. The van der Waals surface area contributed by atoms with Gasteiger partial charge in [0.1, 0.15) is 5.75 Å². The maximum Gasteiger partial charge on any atom is 0.193 e. The topological polar surface area (TPSA) is 62.9 Å². The number of hydrogen-bond donors (Lipinski definition) is 2. The number of aliphatic imine (C=N–C) groups is 1. The van der Waals surface area contributed by atoms with E-state index < -0.39 is 0 Å². The minimum Gasteiger partial charge on any atom is -0.497 e. The van der Waals surface area contributed by atoms with Crippen molar-refractivity contribution >= 4 is 35.6 Å². The second-order valence-electron chi connectivity index (χ2n) is 6.08. The number of anilines is 1. The van der Waals surface area contributed by atoms with Crippen molar-refractivity contribution in [1.82, 2.24) is 4.90 Å². The first kappa shape index (κ1) is 23.0. The molecule has 0 aliphatic rings. The molecule has 1 aromatic rings. The van der Waals surface area contributed by atoms with Crippen LogP contribution < -0.4 is 15.8 Å². The molecule has 6 heteroatoms. The van der Waals surface area contributed by atoms with Crippen molar-refractivity contribution in [2.75, 3.05) is 32.1 Å². The number of rotatable bonds is 9. The van der Waals surface area contributed by atoms with Crippen LogP contribution >= 0.6 is 24.0 Å². The Balaban J connectivity index is 0.00000529. The number of methoxy groups -OCH3 is 1. The molecule has 138 valence electrons. The maximum atomic E-state index is 6.03. The van der Waals surface area contributed by atoms with Crippen LogP contribution in [0, 0.1) is 5.92 Å². The third-order valence-corrected chi connectivity index (χ3v) is 3.91. The van der Waals surface area contributed by atoms with Gasteiger partial charge < -0.3 is 15.8 Å². The van der Waals surface area contributed by atoms with E-state index in [-0.39, 0.29) is 24.0 Å². The van der Waals surface area contributed by atoms with Gasteiger partial charge in [0.05, 0.1) is 13.7 Å². The van der Waals surface area contributed by atoms with Gasteiger partial charge in [-0.2, -0.15) is 0 Å². The summed E-state index contributed by atoms with van der Waals surface area (Å²) in [5, 5.41) is 3.13. The normalized spacial score (nSPS) is 12.9. The van der Waals surface area contributed by atoms with E-state index in [0.717, 1.165) is 37.5 Å². The predicted octanol–water partition coefficient (Wildman–Crippen LogP) is 3.80. The summed E-state index contributed by atoms with van der Waals surface area (Å²) in [6.45, 7) is 11.7. The minimum atomic E-state index is 0. The van der Waals surface area contributed by atoms with Crippen LogP contribution in [-0.4, -0.2) is 43.6 Å². The van der Waals surface area contributed by atoms with Crippen LogP contribution in [0.1, 0.15) is 34.1 Å². The summed E-state index contributed by atoms with van der Waals surface area (Å²) in [6.07, 6.45) is 1.13. The van der Waals surface area contributed by atoms with Crippen LogP contribution in [0.4, 0.5) is 5.69 Å². The third kappa shape index (κ3) is 8.19. The molecule has 1 aromatic carbocycles. The lowest BCUT2D eigenvalue weighted by Gasteiger charge is -2.29. The van der Waals surface area contributed by atoms with Gasteiger partial charge in [0.15, 0.2) is 5.96 Å². The molecule has 0 radical (unpaired) electrons. The molecule has 0 saturated carbocycles. The van der Waals surface area contributed by atoms with E-state index in [1.165, 1.54) is 0 Å². The second kappa shape index (κ2) is 12.4. The van der Waals surface area contributed by atoms with Gasteiger partial charge in [-0.25, -0.2) is 0 Å². The van der Waals surface area contributed by atoms with E-state index in [1.54, 1.807) is 7.11 Å². The van der Waals surface area contributed by atoms with Gasteiger partial charge in [-0.3, -0.25) is 9.89 Å². The fourth-order valence-corrected chi connectivity index (χ4v) is 2.69. The number of guanidine groups is 1. The highest BCUT2D eigenvalue weighted by Crippen LogP contribution is 2.15. The zero-order valence-corrected chi connectivity index (χ0v) is 17.9. The molecule has 0 aliphatic carbocycles. The molecule has 1 rings (SSSR count). The number of likely N-dealkylation sites (N-methyl/N-ethyl adjacent to an activating group) is 1. The molecular formula is C18H33IN4O. The molecule has 5 nitrogen and oxygen atoms in total. The van der Waals surface area contributed by atoms with Gasteiger partial charge in [0.25, 0.3) is 0 Å². The largest absolute Gasteiger partial charge is 0.497 e. The summed E-state index contributed by atoms with van der Waals surface area (Å²) in [4.78, 5) is 6.99. The van der Waals surface area contributed by atoms with Gasteiger partial charge in [-0.15, -0.1) is 24.0 Å². The quantitative estimate of drug-likeness (QED) is 0.343. The minimum absolute atomic E-state index is 0. The van der Waals surface area contributed by atoms with Crippen LogP contribution in [-0.2, 0) is 0 Å². The molecule has 0 spiro atoms. The van der Waals surface area contributed by atoms with E-state index in [1.807, 2.05) is 24.3 Å². The molecule has 0 aliphatic heterocycles. The van der Waals surface area contributed by atoms with Crippen molar-refractivity contribution in [3.63, 3.8) is 0 Å². The molecule has 0 bridgehead atoms. The lowest BCUT2D eigenvalue weighted by atomic mass is 10.0. The number of nitrogens with zero attached hydrogens (tertiary/aromatic N) is 2. The van der Waals surface area contributed by atoms with Gasteiger partial charge >= 0.3 is 0 Å². The molecule has 0 fully saturated rings. The van der Waals surface area contributed by atoms with E-state index in [9.17, 15) is 0 Å². The standard InChI is InChI=1S/C18H32N4O.HI/c1-6-22(7-2)16(12-14(3)4)13-20-18(19)21-15-8-10-17(23-5)11-9-15;/h8-11,14,16H,6-7,12-13H2,1-5H3,(H3,19,20,21);1H. The van der Waals surface area contributed by atoms with Crippen molar-refractivity contribution in [3.8, 4) is 5.75 Å². The van der Waals surface area contributed by atoms with Crippen LogP contribution in [0.15, 0.2) is 29.3 Å². The van der Waals surface area contributed by atoms with Crippen molar-refractivity contribution < 1.29 is 4.74 Å². The summed E-state index contributed by atoms with van der Waals surface area (Å²) >= 11 is 0. The van der Waals surface area contributed by atoms with Crippen LogP contribution in [0.2, 0.25) is 0 Å². The van der Waals surface area contributed by atoms with E-state index in [2.05, 4.69) is 42.9 Å². The lowest BCUT2D eigenvalue weighted by Crippen LogP contribution is -2.39. The van der Waals surface area contributed by atoms with Gasteiger partial charge in [0.2, 0.25) is 0 Å². The number of benzene rings is 1. The number of halogens is 1. The molecule has 1 unspecified atom stereocenters. The highest BCUT2D eigenvalue weighted by Gasteiger charge is 2.16. The predicted molar refractivity (Wildman–Crippen MR) is 115 cm³/mol. The van der Waals surface area contributed by atoms with Crippen molar-refractivity contribution in [1.29, 1.82) is 0 Å². The Hall–Kier alpha value is -1.02. The number of nitrogens with one attached hydrogen (secondary N) is 1. The smallest absolute Gasteiger partial charge is 0.193 e. The highest BCUT2D eigenvalue weighted by molar-refractivity contribution is 14.0. The SMILES string of the molecule is CCN(CC)C(CN=C(N)Nc1ccc(OC)cc1)CC(C)C.I. The molecule has 0 saturated heterocycles. The second-order valence-corrected chi connectivity index (χ2v) is 6.08. The van der Waals surface area contributed by atoms with Crippen molar-refractivity contribution in [2.45, 2.75) is 40.2 Å². The Morgan fingerprint density at radius 3 is 2.25 bits per heavy atom. The fraction of sp³-hybridized carbons (Fsp3) is 0.611. The molecule has 0 heterocycles. The van der Waals surface area contributed by atoms with E-state index in [0.29, 0.717) is 17.9 Å². The van der Waals surface area contributed by atoms with Gasteiger partial charge in [-0.05, 0) is 49.7 Å². The molecule has 24 heavy (non-hydrogen) atoms. The summed E-state index contributed by atoms with van der Waals surface area (Å²) in [5.74, 6) is 1.92. The zero-order chi connectivity index (χ0) is 17.2. The Morgan fingerprint density at radius 1 is 1.21 bits per heavy atom. The Kier molecular flexibility index (Phi) is 11.8. The first-order valence-corrected chi connectivity index (χ1v) is 8.45. The van der Waals surface area contributed by atoms with Crippen LogP contribution in [0.25, 0.3) is 0 Å². The Morgan fingerprint density at radius 2 is 1.79 bits per heavy atom. The Labute approximate surface area is 164 Å². The maximum absolute atomic E-state index is 6.03. The van der Waals surface area contributed by atoms with Gasteiger partial charge in [-0.1, -0.05) is 27.7 Å². The fourth-order valence-electron chi connectivity index (χ4n) is 2.69.